The Hall–Kier alpha value is -2.60. The summed E-state index contributed by atoms with van der Waals surface area (Å²) >= 11 is 0. The summed E-state index contributed by atoms with van der Waals surface area (Å²) in [6.07, 6.45) is 1.88. The quantitative estimate of drug-likeness (QED) is 0.759. The lowest BCUT2D eigenvalue weighted by Gasteiger charge is -2.13. The number of nitrogens with one attached hydrogen (secondary N) is 2. The molecule has 3 rings (SSSR count). The molecule has 0 bridgehead atoms. The maximum Gasteiger partial charge on any atom is 0.319 e. The predicted octanol–water partition coefficient (Wildman–Crippen LogP) is 3.51. The van der Waals surface area contributed by atoms with Crippen LogP contribution in [0.5, 0.6) is 11.5 Å². The van der Waals surface area contributed by atoms with E-state index in [0.717, 1.165) is 12.8 Å². The number of aliphatic hydroxyl groups excluding tert-OH is 1. The highest BCUT2D eigenvalue weighted by Gasteiger charge is 2.42. The van der Waals surface area contributed by atoms with E-state index in [0.29, 0.717) is 23.7 Å². The van der Waals surface area contributed by atoms with E-state index in [-0.39, 0.29) is 23.9 Å². The second-order valence-electron chi connectivity index (χ2n) is 6.05. The molecule has 3 N–H and O–H groups in total. The number of rotatable bonds is 6. The lowest BCUT2D eigenvalue weighted by Crippen LogP contribution is -2.35. The van der Waals surface area contributed by atoms with E-state index in [2.05, 4.69) is 10.6 Å². The zero-order valence-corrected chi connectivity index (χ0v) is 13.1. The smallest absolute Gasteiger partial charge is 0.319 e. The van der Waals surface area contributed by atoms with Gasteiger partial charge in [-0.1, -0.05) is 6.07 Å². The monoisotopic (exact) mass is 330 g/mol. The number of hydrogen-bond acceptors (Lipinski definition) is 3. The lowest BCUT2D eigenvalue weighted by molar-refractivity contribution is 0.206. The number of hydrogen-bond donors (Lipinski definition) is 3. The Labute approximate surface area is 139 Å². The Balaban J connectivity index is 1.51. The first-order valence-electron chi connectivity index (χ1n) is 7.78. The minimum atomic E-state index is -0.362. The van der Waals surface area contributed by atoms with Crippen molar-refractivity contribution in [2.24, 2.45) is 5.41 Å². The van der Waals surface area contributed by atoms with Gasteiger partial charge >= 0.3 is 6.03 Å². The molecule has 1 fully saturated rings. The van der Waals surface area contributed by atoms with Crippen LogP contribution in [0, 0.1) is 11.2 Å². The van der Waals surface area contributed by atoms with Crippen LogP contribution in [0.4, 0.5) is 14.9 Å². The number of carbonyl (C=O) groups excluding carboxylic acids is 1. The average Bonchev–Trinajstić information content (AvgIpc) is 3.36. The van der Waals surface area contributed by atoms with Gasteiger partial charge in [0.05, 0.1) is 6.61 Å². The van der Waals surface area contributed by atoms with Gasteiger partial charge in [0.25, 0.3) is 0 Å². The molecule has 0 saturated heterocycles. The minimum Gasteiger partial charge on any atom is -0.457 e. The molecule has 1 aliphatic rings. The largest absolute Gasteiger partial charge is 0.457 e. The molecule has 5 nitrogen and oxygen atoms in total. The number of urea groups is 1. The topological polar surface area (TPSA) is 70.6 Å². The number of aliphatic hydroxyl groups is 1. The van der Waals surface area contributed by atoms with Gasteiger partial charge in [-0.15, -0.1) is 0 Å². The van der Waals surface area contributed by atoms with Gasteiger partial charge in [0.15, 0.2) is 0 Å². The first-order chi connectivity index (χ1) is 11.6. The van der Waals surface area contributed by atoms with Gasteiger partial charge in [-0.05, 0) is 49.2 Å². The molecular formula is C18H19FN2O3. The van der Waals surface area contributed by atoms with E-state index in [9.17, 15) is 14.3 Å². The molecule has 2 aromatic carbocycles. The standard InChI is InChI=1S/C18H19FN2O3/c19-13-2-1-3-16(10-13)24-15-6-4-14(5-7-15)21-17(23)20-11-18(12-22)8-9-18/h1-7,10,22H,8-9,11-12H2,(H2,20,21,23). The highest BCUT2D eigenvalue weighted by atomic mass is 19.1. The van der Waals surface area contributed by atoms with Crippen LogP contribution in [0.25, 0.3) is 0 Å². The fourth-order valence-electron chi connectivity index (χ4n) is 2.28. The number of ether oxygens (including phenoxy) is 1. The van der Waals surface area contributed by atoms with Crippen molar-refractivity contribution in [1.82, 2.24) is 5.32 Å². The number of carbonyl (C=O) groups is 1. The number of amides is 2. The maximum atomic E-state index is 13.1. The van der Waals surface area contributed by atoms with E-state index in [1.807, 2.05) is 0 Å². The molecule has 0 radical (unpaired) electrons. The Bertz CT molecular complexity index is 714. The molecule has 24 heavy (non-hydrogen) atoms. The van der Waals surface area contributed by atoms with Crippen molar-refractivity contribution in [3.8, 4) is 11.5 Å². The van der Waals surface area contributed by atoms with Crippen LogP contribution in [-0.4, -0.2) is 24.3 Å². The van der Waals surface area contributed by atoms with Crippen molar-refractivity contribution in [1.29, 1.82) is 0 Å². The summed E-state index contributed by atoms with van der Waals surface area (Å²) < 4.78 is 18.7. The van der Waals surface area contributed by atoms with Gasteiger partial charge in [-0.3, -0.25) is 0 Å². The van der Waals surface area contributed by atoms with Crippen molar-refractivity contribution in [2.45, 2.75) is 12.8 Å². The molecule has 0 atom stereocenters. The summed E-state index contributed by atoms with van der Waals surface area (Å²) in [6.45, 7) is 0.565. The van der Waals surface area contributed by atoms with Gasteiger partial charge in [0.1, 0.15) is 17.3 Å². The summed E-state index contributed by atoms with van der Waals surface area (Å²) in [7, 11) is 0. The highest BCUT2D eigenvalue weighted by Crippen LogP contribution is 2.44. The Morgan fingerprint density at radius 3 is 2.54 bits per heavy atom. The highest BCUT2D eigenvalue weighted by molar-refractivity contribution is 5.89. The van der Waals surface area contributed by atoms with E-state index in [1.165, 1.54) is 12.1 Å². The minimum absolute atomic E-state index is 0.0966. The predicted molar refractivity (Wildman–Crippen MR) is 88.7 cm³/mol. The maximum absolute atomic E-state index is 13.1. The zero-order chi connectivity index (χ0) is 17.0. The molecule has 0 aromatic heterocycles. The van der Waals surface area contributed by atoms with Crippen LogP contribution in [-0.2, 0) is 0 Å². The second-order valence-corrected chi connectivity index (χ2v) is 6.05. The fraction of sp³-hybridized carbons (Fsp3) is 0.278. The molecule has 6 heteroatoms. The van der Waals surface area contributed by atoms with Crippen molar-refractivity contribution >= 4 is 11.7 Å². The van der Waals surface area contributed by atoms with Crippen molar-refractivity contribution in [3.05, 3.63) is 54.3 Å². The van der Waals surface area contributed by atoms with Crippen molar-refractivity contribution in [2.75, 3.05) is 18.5 Å². The summed E-state index contributed by atoms with van der Waals surface area (Å²) in [5, 5.41) is 14.7. The van der Waals surface area contributed by atoms with E-state index in [4.69, 9.17) is 4.74 Å². The van der Waals surface area contributed by atoms with Crippen LogP contribution >= 0.6 is 0 Å². The van der Waals surface area contributed by atoms with Gasteiger partial charge in [0.2, 0.25) is 0 Å². The number of halogens is 1. The Morgan fingerprint density at radius 2 is 1.92 bits per heavy atom. The van der Waals surface area contributed by atoms with E-state index >= 15 is 0 Å². The van der Waals surface area contributed by atoms with Crippen molar-refractivity contribution < 1.29 is 19.0 Å². The van der Waals surface area contributed by atoms with Gasteiger partial charge in [0, 0.05) is 23.7 Å². The van der Waals surface area contributed by atoms with E-state index in [1.54, 1.807) is 36.4 Å². The summed E-state index contributed by atoms with van der Waals surface area (Å²) in [5.74, 6) is 0.592. The fourth-order valence-corrected chi connectivity index (χ4v) is 2.28. The van der Waals surface area contributed by atoms with Crippen molar-refractivity contribution in [3.63, 3.8) is 0 Å². The molecule has 1 aliphatic carbocycles. The molecule has 0 heterocycles. The van der Waals surface area contributed by atoms with Crippen LogP contribution in [0.3, 0.4) is 0 Å². The molecular weight excluding hydrogens is 311 g/mol. The molecule has 126 valence electrons. The van der Waals surface area contributed by atoms with E-state index < -0.39 is 0 Å². The lowest BCUT2D eigenvalue weighted by atomic mass is 10.1. The Kier molecular flexibility index (Phi) is 4.66. The summed E-state index contributed by atoms with van der Waals surface area (Å²) in [4.78, 5) is 11.8. The molecule has 2 aromatic rings. The molecule has 0 spiro atoms. The van der Waals surface area contributed by atoms with Gasteiger partial charge in [-0.2, -0.15) is 0 Å². The van der Waals surface area contributed by atoms with Crippen LogP contribution < -0.4 is 15.4 Å². The van der Waals surface area contributed by atoms with Crippen LogP contribution in [0.1, 0.15) is 12.8 Å². The second kappa shape index (κ2) is 6.88. The number of benzene rings is 2. The third-order valence-electron chi connectivity index (χ3n) is 4.06. The van der Waals surface area contributed by atoms with Gasteiger partial charge < -0.3 is 20.5 Å². The molecule has 0 aliphatic heterocycles. The summed E-state index contributed by atoms with van der Waals surface area (Å²) in [5.41, 5.74) is 0.493. The Morgan fingerprint density at radius 1 is 1.17 bits per heavy atom. The molecule has 1 saturated carbocycles. The third-order valence-corrected chi connectivity index (χ3v) is 4.06. The molecule has 2 amide bonds. The SMILES string of the molecule is O=C(NCC1(CO)CC1)Nc1ccc(Oc2cccc(F)c2)cc1. The van der Waals surface area contributed by atoms with Crippen LogP contribution in [0.2, 0.25) is 0 Å². The normalized spacial score (nSPS) is 14.8. The molecule has 0 unspecified atom stereocenters. The first kappa shape index (κ1) is 16.3. The third kappa shape index (κ3) is 4.23. The summed E-state index contributed by atoms with van der Waals surface area (Å²) in [6, 6.07) is 12.4. The zero-order valence-electron chi connectivity index (χ0n) is 13.1. The first-order valence-corrected chi connectivity index (χ1v) is 7.78. The van der Waals surface area contributed by atoms with Gasteiger partial charge in [-0.25, -0.2) is 9.18 Å². The van der Waals surface area contributed by atoms with Crippen LogP contribution in [0.15, 0.2) is 48.5 Å². The number of anilines is 1. The average molecular weight is 330 g/mol.